The van der Waals surface area contributed by atoms with Gasteiger partial charge in [0.05, 0.1) is 36.8 Å². The zero-order chi connectivity index (χ0) is 21.2. The van der Waals surface area contributed by atoms with Crippen LogP contribution in [0.15, 0.2) is 0 Å². The second kappa shape index (κ2) is 5.57. The lowest BCUT2D eigenvalue weighted by Gasteiger charge is -2.46. The molecule has 8 heteroatoms. The van der Waals surface area contributed by atoms with E-state index >= 15 is 0 Å². The fraction of sp³-hybridized carbons (Fsp3) is 0.909. The standard InChI is InChI=1S/C22H30O8/c1-18-13(28-11-26-2)5-7-22(30-17(18)24)12-4-6-20(25)8-19(12,9-21(20)10-29-21)14(15(18)22)16(23)27-3/h12-15,25H,4-11H2,1-3H3/t12-,13+,14-,15-,18-,19+,20-,21-,22-/m1/s1. The SMILES string of the molecule is COCO[C@H]1CC[C@]23OC(=O)[C@@]1(C)[C@H]2[C@H](C(=O)OC)[C@]12C[C@](O)(CC[C@H]13)[C@]1(CO1)C2. The molecule has 0 amide bonds. The van der Waals surface area contributed by atoms with Crippen molar-refractivity contribution in [2.24, 2.45) is 28.6 Å². The second-order valence-electron chi connectivity index (χ2n) is 10.7. The first kappa shape index (κ1) is 19.5. The number of aliphatic hydroxyl groups is 1. The largest absolute Gasteiger partial charge is 0.469 e. The molecule has 9 atom stereocenters. The molecule has 30 heavy (non-hydrogen) atoms. The zero-order valence-corrected chi connectivity index (χ0v) is 17.8. The average Bonchev–Trinajstić information content (AvgIpc) is 3.38. The summed E-state index contributed by atoms with van der Waals surface area (Å²) in [6.45, 7) is 2.50. The number of epoxide rings is 1. The molecule has 166 valence electrons. The van der Waals surface area contributed by atoms with Crippen LogP contribution in [0, 0.1) is 28.6 Å². The van der Waals surface area contributed by atoms with Crippen LogP contribution in [-0.2, 0) is 33.3 Å². The monoisotopic (exact) mass is 422 g/mol. The molecule has 2 aliphatic heterocycles. The van der Waals surface area contributed by atoms with Crippen molar-refractivity contribution in [2.75, 3.05) is 27.6 Å². The highest BCUT2D eigenvalue weighted by atomic mass is 16.7. The molecule has 0 aromatic rings. The Hall–Kier alpha value is -1.22. The van der Waals surface area contributed by atoms with Crippen molar-refractivity contribution in [3.8, 4) is 0 Å². The lowest BCUT2D eigenvalue weighted by Crippen LogP contribution is -2.54. The molecule has 8 nitrogen and oxygen atoms in total. The molecule has 6 fully saturated rings. The molecule has 6 rings (SSSR count). The summed E-state index contributed by atoms with van der Waals surface area (Å²) < 4.78 is 28.5. The van der Waals surface area contributed by atoms with Gasteiger partial charge in [-0.05, 0) is 50.9 Å². The van der Waals surface area contributed by atoms with Crippen LogP contribution in [-0.4, -0.2) is 67.6 Å². The smallest absolute Gasteiger partial charge is 0.315 e. The van der Waals surface area contributed by atoms with E-state index in [9.17, 15) is 14.7 Å². The Morgan fingerprint density at radius 3 is 2.67 bits per heavy atom. The minimum absolute atomic E-state index is 0.0112. The number of methoxy groups -OCH3 is 2. The van der Waals surface area contributed by atoms with Gasteiger partial charge >= 0.3 is 11.9 Å². The first-order valence-electron chi connectivity index (χ1n) is 11.0. The van der Waals surface area contributed by atoms with Crippen LogP contribution in [0.2, 0.25) is 0 Å². The Labute approximate surface area is 175 Å². The van der Waals surface area contributed by atoms with Crippen molar-refractivity contribution >= 4 is 11.9 Å². The third-order valence-corrected chi connectivity index (χ3v) is 9.86. The predicted molar refractivity (Wildman–Crippen MR) is 99.9 cm³/mol. The van der Waals surface area contributed by atoms with Gasteiger partial charge in [0.25, 0.3) is 0 Å². The molecular weight excluding hydrogens is 392 g/mol. The number of esters is 2. The van der Waals surface area contributed by atoms with Crippen LogP contribution >= 0.6 is 0 Å². The first-order valence-corrected chi connectivity index (χ1v) is 11.0. The molecular formula is C22H30O8. The molecule has 4 aliphatic carbocycles. The van der Waals surface area contributed by atoms with Gasteiger partial charge in [-0.25, -0.2) is 0 Å². The molecule has 2 spiro atoms. The summed E-state index contributed by atoms with van der Waals surface area (Å²) in [7, 11) is 2.96. The van der Waals surface area contributed by atoms with Crippen LogP contribution in [0.1, 0.15) is 45.4 Å². The van der Waals surface area contributed by atoms with Gasteiger partial charge in [-0.3, -0.25) is 9.59 Å². The highest BCUT2D eigenvalue weighted by molar-refractivity contribution is 5.86. The topological polar surface area (TPSA) is 104 Å². The molecule has 1 N–H and O–H groups in total. The van der Waals surface area contributed by atoms with Crippen LogP contribution in [0.25, 0.3) is 0 Å². The third-order valence-electron chi connectivity index (χ3n) is 9.86. The maximum Gasteiger partial charge on any atom is 0.315 e. The van der Waals surface area contributed by atoms with E-state index < -0.39 is 33.6 Å². The Bertz CT molecular complexity index is 820. The Morgan fingerprint density at radius 1 is 1.23 bits per heavy atom. The summed E-state index contributed by atoms with van der Waals surface area (Å²) >= 11 is 0. The predicted octanol–water partition coefficient (Wildman–Crippen LogP) is 1.18. The zero-order valence-electron chi connectivity index (χ0n) is 17.8. The van der Waals surface area contributed by atoms with Crippen LogP contribution in [0.3, 0.4) is 0 Å². The Balaban J connectivity index is 1.52. The summed E-state index contributed by atoms with van der Waals surface area (Å²) in [5, 5.41) is 11.5. The highest BCUT2D eigenvalue weighted by Gasteiger charge is 2.88. The number of hydrogen-bond acceptors (Lipinski definition) is 8. The Morgan fingerprint density at radius 2 is 2.00 bits per heavy atom. The van der Waals surface area contributed by atoms with E-state index in [0.717, 1.165) is 6.42 Å². The van der Waals surface area contributed by atoms with E-state index in [-0.39, 0.29) is 36.7 Å². The number of hydrogen-bond donors (Lipinski definition) is 1. The molecule has 0 aromatic heterocycles. The summed E-state index contributed by atoms with van der Waals surface area (Å²) in [6.07, 6.45) is 3.39. The van der Waals surface area contributed by atoms with Crippen molar-refractivity contribution in [2.45, 2.75) is 68.4 Å². The number of fused-ring (bicyclic) bond motifs is 2. The molecule has 6 aliphatic rings. The molecule has 0 aromatic carbocycles. The van der Waals surface area contributed by atoms with Crippen molar-refractivity contribution < 1.29 is 38.4 Å². The molecule has 2 saturated heterocycles. The van der Waals surface area contributed by atoms with E-state index in [1.165, 1.54) is 7.11 Å². The minimum Gasteiger partial charge on any atom is -0.469 e. The molecule has 4 saturated carbocycles. The van der Waals surface area contributed by atoms with Gasteiger partial charge in [-0.1, -0.05) is 0 Å². The number of ether oxygens (including phenoxy) is 5. The third kappa shape index (κ3) is 1.86. The second-order valence-corrected chi connectivity index (χ2v) is 10.7. The van der Waals surface area contributed by atoms with Gasteiger partial charge in [0.1, 0.15) is 18.0 Å². The maximum atomic E-state index is 13.4. The molecule has 4 bridgehead atoms. The average molecular weight is 422 g/mol. The summed E-state index contributed by atoms with van der Waals surface area (Å²) in [4.78, 5) is 26.7. The fourth-order valence-electron chi connectivity index (χ4n) is 8.82. The van der Waals surface area contributed by atoms with Gasteiger partial charge in [0, 0.05) is 18.9 Å². The van der Waals surface area contributed by atoms with Crippen molar-refractivity contribution in [1.82, 2.24) is 0 Å². The first-order chi connectivity index (χ1) is 14.2. The van der Waals surface area contributed by atoms with Crippen molar-refractivity contribution in [3.05, 3.63) is 0 Å². The van der Waals surface area contributed by atoms with E-state index in [0.29, 0.717) is 38.7 Å². The molecule has 0 unspecified atom stereocenters. The molecule has 0 radical (unpaired) electrons. The van der Waals surface area contributed by atoms with Crippen LogP contribution < -0.4 is 0 Å². The van der Waals surface area contributed by atoms with Gasteiger partial charge in [-0.15, -0.1) is 0 Å². The fourth-order valence-corrected chi connectivity index (χ4v) is 8.82. The van der Waals surface area contributed by atoms with Crippen LogP contribution in [0.4, 0.5) is 0 Å². The normalized spacial score (nSPS) is 57.1. The van der Waals surface area contributed by atoms with E-state index in [1.54, 1.807) is 7.11 Å². The summed E-state index contributed by atoms with van der Waals surface area (Å²) in [5.74, 6) is -1.47. The van der Waals surface area contributed by atoms with E-state index in [2.05, 4.69) is 0 Å². The quantitative estimate of drug-likeness (QED) is 0.409. The van der Waals surface area contributed by atoms with Crippen LogP contribution in [0.5, 0.6) is 0 Å². The van der Waals surface area contributed by atoms with E-state index in [4.69, 9.17) is 23.7 Å². The lowest BCUT2D eigenvalue weighted by atomic mass is 9.59. The van der Waals surface area contributed by atoms with Crippen molar-refractivity contribution in [3.63, 3.8) is 0 Å². The van der Waals surface area contributed by atoms with Gasteiger partial charge in [0.2, 0.25) is 0 Å². The van der Waals surface area contributed by atoms with E-state index in [1.807, 2.05) is 6.92 Å². The lowest BCUT2D eigenvalue weighted by molar-refractivity contribution is -0.172. The minimum atomic E-state index is -0.958. The number of rotatable bonds is 4. The Kier molecular flexibility index (Phi) is 3.62. The maximum absolute atomic E-state index is 13.4. The summed E-state index contributed by atoms with van der Waals surface area (Å²) in [5.41, 5.74) is -3.64. The van der Waals surface area contributed by atoms with Gasteiger partial charge in [-0.2, -0.15) is 0 Å². The van der Waals surface area contributed by atoms with Gasteiger partial charge in [0.15, 0.2) is 0 Å². The highest BCUT2D eigenvalue weighted by Crippen LogP contribution is 2.80. The van der Waals surface area contributed by atoms with Crippen molar-refractivity contribution in [1.29, 1.82) is 0 Å². The molecule has 2 heterocycles. The van der Waals surface area contributed by atoms with Gasteiger partial charge < -0.3 is 28.8 Å². The number of carbonyl (C=O) groups excluding carboxylic acids is 2. The number of carbonyl (C=O) groups is 2. The summed E-state index contributed by atoms with van der Waals surface area (Å²) in [6, 6.07) is 0.